The van der Waals surface area contributed by atoms with Crippen molar-refractivity contribution in [2.45, 2.75) is 25.7 Å². The van der Waals surface area contributed by atoms with E-state index >= 15 is 0 Å². The zero-order chi connectivity index (χ0) is 19.8. The predicted molar refractivity (Wildman–Crippen MR) is 95.7 cm³/mol. The van der Waals surface area contributed by atoms with Gasteiger partial charge < -0.3 is 15.6 Å². The maximum atomic E-state index is 12.7. The van der Waals surface area contributed by atoms with E-state index in [1.807, 2.05) is 0 Å². The first-order chi connectivity index (χ1) is 13.4. The molecule has 1 aliphatic carbocycles. The van der Waals surface area contributed by atoms with E-state index in [2.05, 4.69) is 25.4 Å². The van der Waals surface area contributed by atoms with Crippen LogP contribution in [0.2, 0.25) is 0 Å². The highest BCUT2D eigenvalue weighted by Gasteiger charge is 2.48. The maximum absolute atomic E-state index is 12.7. The third kappa shape index (κ3) is 3.53. The molecule has 1 saturated carbocycles. The number of amides is 1. The summed E-state index contributed by atoms with van der Waals surface area (Å²) in [6, 6.07) is 4.74. The number of halogens is 2. The fraction of sp³-hybridized carbons (Fsp3) is 0.278. The Balaban J connectivity index is 1.53. The highest BCUT2D eigenvalue weighted by molar-refractivity contribution is 6.04. The first-order valence-corrected chi connectivity index (χ1v) is 8.54. The Morgan fingerprint density at radius 3 is 2.82 bits per heavy atom. The van der Waals surface area contributed by atoms with Gasteiger partial charge in [-0.05, 0) is 31.5 Å². The molecule has 1 fully saturated rings. The second-order valence-electron chi connectivity index (χ2n) is 6.58. The number of nitrogens with zero attached hydrogens (tertiary/aromatic N) is 4. The van der Waals surface area contributed by atoms with Crippen LogP contribution in [0.15, 0.2) is 35.1 Å². The van der Waals surface area contributed by atoms with Crippen LogP contribution in [-0.2, 0) is 0 Å². The number of aromatic nitrogens is 4. The molecule has 3 aromatic rings. The van der Waals surface area contributed by atoms with E-state index in [1.54, 1.807) is 19.1 Å². The molecule has 8 nitrogen and oxygen atoms in total. The van der Waals surface area contributed by atoms with Gasteiger partial charge in [-0.25, -0.2) is 13.8 Å². The van der Waals surface area contributed by atoms with Crippen molar-refractivity contribution in [3.8, 4) is 11.4 Å². The van der Waals surface area contributed by atoms with Crippen molar-refractivity contribution in [2.24, 2.45) is 5.92 Å². The number of rotatable bonds is 5. The maximum Gasteiger partial charge on any atom is 0.257 e. The number of hydrogen-bond donors (Lipinski definition) is 2. The molecule has 3 heterocycles. The number of nitrogen functional groups attached to an aromatic ring is 1. The molecule has 3 N–H and O–H groups in total. The summed E-state index contributed by atoms with van der Waals surface area (Å²) < 4.78 is 30.6. The monoisotopic (exact) mass is 386 g/mol. The third-order valence-electron chi connectivity index (χ3n) is 4.56. The molecule has 10 heteroatoms. The van der Waals surface area contributed by atoms with E-state index in [0.717, 1.165) is 0 Å². The van der Waals surface area contributed by atoms with Gasteiger partial charge in [0.05, 0.1) is 16.9 Å². The molecule has 0 spiro atoms. The molecule has 3 aromatic heterocycles. The molecule has 0 bridgehead atoms. The van der Waals surface area contributed by atoms with Crippen molar-refractivity contribution in [3.05, 3.63) is 47.7 Å². The van der Waals surface area contributed by atoms with Crippen LogP contribution in [-0.4, -0.2) is 32.4 Å². The van der Waals surface area contributed by atoms with Gasteiger partial charge in [0.25, 0.3) is 5.91 Å². The van der Waals surface area contributed by atoms with Gasteiger partial charge in [0.1, 0.15) is 5.82 Å². The van der Waals surface area contributed by atoms with Crippen molar-refractivity contribution >= 4 is 17.4 Å². The number of aryl methyl sites for hydroxylation is 1. The molecule has 0 saturated heterocycles. The van der Waals surface area contributed by atoms with Crippen molar-refractivity contribution in [1.82, 2.24) is 20.1 Å². The summed E-state index contributed by atoms with van der Waals surface area (Å²) in [5, 5.41) is 6.60. The largest absolute Gasteiger partial charge is 0.384 e. The number of pyridine rings is 2. The molecule has 0 aliphatic heterocycles. The van der Waals surface area contributed by atoms with Gasteiger partial charge in [-0.2, -0.15) is 4.98 Å². The third-order valence-corrected chi connectivity index (χ3v) is 4.56. The smallest absolute Gasteiger partial charge is 0.257 e. The number of carbonyl (C=O) groups excluding carboxylic acids is 1. The minimum absolute atomic E-state index is 0.194. The number of anilines is 2. The zero-order valence-electron chi connectivity index (χ0n) is 14.8. The minimum Gasteiger partial charge on any atom is -0.384 e. The molecule has 28 heavy (non-hydrogen) atoms. The molecule has 4 rings (SSSR count). The molecule has 0 radical (unpaired) electrons. The molecule has 144 valence electrons. The van der Waals surface area contributed by atoms with Crippen molar-refractivity contribution < 1.29 is 18.1 Å². The summed E-state index contributed by atoms with van der Waals surface area (Å²) in [6.07, 6.45) is 0.841. The molecule has 0 unspecified atom stereocenters. The summed E-state index contributed by atoms with van der Waals surface area (Å²) >= 11 is 0. The van der Waals surface area contributed by atoms with Gasteiger partial charge in [-0.3, -0.25) is 9.78 Å². The van der Waals surface area contributed by atoms with Crippen LogP contribution in [0.5, 0.6) is 0 Å². The Kier molecular flexibility index (Phi) is 4.46. The number of alkyl halides is 2. The lowest BCUT2D eigenvalue weighted by Crippen LogP contribution is -2.13. The van der Waals surface area contributed by atoms with Gasteiger partial charge in [-0.1, -0.05) is 5.16 Å². The second kappa shape index (κ2) is 6.95. The Bertz CT molecular complexity index is 1020. The lowest BCUT2D eigenvalue weighted by molar-refractivity contribution is 0.102. The van der Waals surface area contributed by atoms with Gasteiger partial charge in [0, 0.05) is 29.8 Å². The summed E-state index contributed by atoms with van der Waals surface area (Å²) in [4.78, 5) is 24.7. The lowest BCUT2D eigenvalue weighted by Gasteiger charge is -2.08. The fourth-order valence-electron chi connectivity index (χ4n) is 2.80. The van der Waals surface area contributed by atoms with Crippen LogP contribution in [0.4, 0.5) is 20.3 Å². The van der Waals surface area contributed by atoms with Crippen molar-refractivity contribution in [1.29, 1.82) is 0 Å². The first kappa shape index (κ1) is 18.0. The molecule has 1 amide bonds. The predicted octanol–water partition coefficient (Wildman–Crippen LogP) is 3.04. The van der Waals surface area contributed by atoms with E-state index < -0.39 is 18.3 Å². The summed E-state index contributed by atoms with van der Waals surface area (Å²) in [5.41, 5.74) is 7.41. The highest BCUT2D eigenvalue weighted by Crippen LogP contribution is 2.50. The molecule has 0 aromatic carbocycles. The Morgan fingerprint density at radius 2 is 2.14 bits per heavy atom. The first-order valence-electron chi connectivity index (χ1n) is 8.54. The van der Waals surface area contributed by atoms with Gasteiger partial charge >= 0.3 is 0 Å². The Morgan fingerprint density at radius 1 is 1.32 bits per heavy atom. The van der Waals surface area contributed by atoms with Crippen LogP contribution >= 0.6 is 0 Å². The number of carbonyl (C=O) groups is 1. The van der Waals surface area contributed by atoms with Gasteiger partial charge in [-0.15, -0.1) is 0 Å². The zero-order valence-corrected chi connectivity index (χ0v) is 14.8. The normalized spacial score (nSPS) is 18.3. The van der Waals surface area contributed by atoms with Gasteiger partial charge in [0.2, 0.25) is 18.1 Å². The van der Waals surface area contributed by atoms with Gasteiger partial charge in [0.15, 0.2) is 0 Å². The van der Waals surface area contributed by atoms with Crippen LogP contribution < -0.4 is 11.1 Å². The Labute approximate surface area is 158 Å². The molecular formula is C18H16F2N6O2. The van der Waals surface area contributed by atoms with Crippen molar-refractivity contribution in [3.63, 3.8) is 0 Å². The SMILES string of the molecule is Cc1ncc(-c2noc([C@H]3C[C@@H]3C(F)F)n2)cc1NC(=O)c1ccc(N)nc1. The van der Waals surface area contributed by atoms with E-state index in [9.17, 15) is 13.6 Å². The lowest BCUT2D eigenvalue weighted by atomic mass is 10.2. The number of nitrogens with one attached hydrogen (secondary N) is 1. The summed E-state index contributed by atoms with van der Waals surface area (Å²) in [5.74, 6) is -0.772. The van der Waals surface area contributed by atoms with Crippen LogP contribution in [0.25, 0.3) is 11.4 Å². The fourth-order valence-corrected chi connectivity index (χ4v) is 2.80. The van der Waals surface area contributed by atoms with Crippen LogP contribution in [0.1, 0.15) is 34.3 Å². The van der Waals surface area contributed by atoms with E-state index in [4.69, 9.17) is 10.3 Å². The van der Waals surface area contributed by atoms with Crippen molar-refractivity contribution in [2.75, 3.05) is 11.1 Å². The summed E-state index contributed by atoms with van der Waals surface area (Å²) in [6.45, 7) is 1.74. The second-order valence-corrected chi connectivity index (χ2v) is 6.58. The molecular weight excluding hydrogens is 370 g/mol. The highest BCUT2D eigenvalue weighted by atomic mass is 19.3. The Hall–Kier alpha value is -3.43. The average molecular weight is 386 g/mol. The number of nitrogens with two attached hydrogens (primary N) is 1. The van der Waals surface area contributed by atoms with Crippen LogP contribution in [0, 0.1) is 12.8 Å². The average Bonchev–Trinajstić information content (AvgIpc) is 3.34. The number of hydrogen-bond acceptors (Lipinski definition) is 7. The topological polar surface area (TPSA) is 120 Å². The van der Waals surface area contributed by atoms with E-state index in [-0.39, 0.29) is 17.6 Å². The van der Waals surface area contributed by atoms with Crippen LogP contribution in [0.3, 0.4) is 0 Å². The molecule has 1 aliphatic rings. The molecule has 2 atom stereocenters. The minimum atomic E-state index is -2.40. The standard InChI is InChI=1S/C18H16F2N6O2/c1-8-13(24-17(27)9-2-3-14(21)23-6-9)4-10(7-22-8)16-25-18(28-26-16)12-5-11(12)15(19)20/h2-4,6-7,11-12,15H,5H2,1H3,(H2,21,23)(H,24,27)/t11-,12-/m0/s1. The quantitative estimate of drug-likeness (QED) is 0.691. The van der Waals surface area contributed by atoms with E-state index in [0.29, 0.717) is 34.7 Å². The van der Waals surface area contributed by atoms with E-state index in [1.165, 1.54) is 18.5 Å². The summed E-state index contributed by atoms with van der Waals surface area (Å²) in [7, 11) is 0.